The lowest BCUT2D eigenvalue weighted by Gasteiger charge is -2.26. The molecule has 25 nitrogen and oxygen atoms in total. The van der Waals surface area contributed by atoms with E-state index in [2.05, 4.69) is 62.3 Å². The monoisotopic (exact) mass is 1830 g/mol. The van der Waals surface area contributed by atoms with E-state index in [1.54, 1.807) is 23.9 Å². The lowest BCUT2D eigenvalue weighted by atomic mass is 9.94. The first-order valence-corrected chi connectivity index (χ1v) is 45.3. The lowest BCUT2D eigenvalue weighted by molar-refractivity contribution is -0.146. The molecule has 5 saturated heterocycles. The van der Waals surface area contributed by atoms with Crippen LogP contribution >= 0.6 is 34.4 Å². The summed E-state index contributed by atoms with van der Waals surface area (Å²) in [5.74, 6) is -0.625. The van der Waals surface area contributed by atoms with Gasteiger partial charge in [0.05, 0.1) is 53.9 Å². The Hall–Kier alpha value is -9.64. The average molecular weight is 1840 g/mol. The number of ether oxygens (including phenoxy) is 10. The van der Waals surface area contributed by atoms with Gasteiger partial charge in [-0.3, -0.25) is 24.0 Å². The largest absolute Gasteiger partial charge is 0.460 e. The van der Waals surface area contributed by atoms with Crippen molar-refractivity contribution in [1.29, 1.82) is 0 Å². The molecule has 5 N–H and O–H groups in total. The van der Waals surface area contributed by atoms with E-state index in [1.807, 2.05) is 262 Å². The van der Waals surface area contributed by atoms with Gasteiger partial charge in [-0.15, -0.1) is 13.2 Å². The molecule has 5 aromatic rings. The molecule has 10 rings (SSSR count). The molecule has 0 spiro atoms. The Labute approximate surface area is 745 Å². The lowest BCUT2D eigenvalue weighted by Crippen LogP contribution is -2.46. The van der Waals surface area contributed by atoms with Crippen molar-refractivity contribution in [2.75, 3.05) is 16.4 Å². The molecule has 5 amide bonds. The van der Waals surface area contributed by atoms with Crippen LogP contribution in [0.3, 0.4) is 0 Å². The number of carbonyl (C=O) groups excluding carboxylic acids is 10. The van der Waals surface area contributed by atoms with E-state index in [0.29, 0.717) is 83.5 Å². The van der Waals surface area contributed by atoms with Crippen LogP contribution in [-0.4, -0.2) is 165 Å². The van der Waals surface area contributed by atoms with Crippen LogP contribution < -0.4 is 26.6 Å². The Morgan fingerprint density at radius 3 is 0.813 bits per heavy atom. The molecule has 0 aromatic heterocycles. The van der Waals surface area contributed by atoms with Gasteiger partial charge in [-0.2, -0.15) is 11.8 Å². The Kier molecular flexibility index (Phi) is 41.3. The van der Waals surface area contributed by atoms with Crippen LogP contribution in [0, 0.1) is 23.7 Å². The number of cyclic esters (lactones) is 5. The van der Waals surface area contributed by atoms with Gasteiger partial charge in [0.2, 0.25) is 0 Å². The van der Waals surface area contributed by atoms with E-state index in [4.69, 9.17) is 47.4 Å². The van der Waals surface area contributed by atoms with Gasteiger partial charge in [-0.25, -0.2) is 24.0 Å². The van der Waals surface area contributed by atoms with E-state index < -0.39 is 58.5 Å². The SMILES string of the molecule is C=CCC1C[C@@H]([C@H](Cc2ccccc2)NC(=O)OC(C)(C)C)OC1=O.C=CCC1C[C@@H]([C@H](Cc2ccccc2)NC(=O)OC(C)(C)C)OC1=O.CC(C)(C)OC(=O)N[C@@H](Cc1ccccc1)[C@@H]1CC(CCI)C(=O)O1.CC(C)(C)OC(=O)N[C@@H](Cc1ccccc1)[C@@H]1CCC(=O)O1.CSCCC1C[C@@H]([C@H](Cc2ccccc2)NC(=O)OC(C)(C)C)OC1=O. The predicted octanol–water partition coefficient (Wildman–Crippen LogP) is 17.8. The molecule has 5 aliphatic heterocycles. The first-order valence-electron chi connectivity index (χ1n) is 42.4. The minimum Gasteiger partial charge on any atom is -0.460 e. The zero-order valence-corrected chi connectivity index (χ0v) is 77.5. The number of esters is 5. The number of nitrogens with one attached hydrogen (secondary N) is 5. The van der Waals surface area contributed by atoms with Gasteiger partial charge in [-0.05, 0) is 234 Å². The normalized spacial score (nSPS) is 21.0. The third kappa shape index (κ3) is 39.8. The van der Waals surface area contributed by atoms with E-state index in [9.17, 15) is 47.9 Å². The van der Waals surface area contributed by atoms with E-state index in [-0.39, 0.29) is 114 Å². The number of thioether (sulfide) groups is 1. The number of alkyl halides is 1. The highest BCUT2D eigenvalue weighted by Gasteiger charge is 2.44. The number of hydrogen-bond acceptors (Lipinski definition) is 21. The molecule has 674 valence electrons. The summed E-state index contributed by atoms with van der Waals surface area (Å²) in [5, 5.41) is 14.4. The number of amides is 5. The zero-order chi connectivity index (χ0) is 90.7. The van der Waals surface area contributed by atoms with Crippen molar-refractivity contribution in [3.8, 4) is 0 Å². The first kappa shape index (κ1) is 102. The Balaban J connectivity index is 0.000000238. The highest BCUT2D eigenvalue weighted by molar-refractivity contribution is 14.1. The van der Waals surface area contributed by atoms with Crippen molar-refractivity contribution in [3.63, 3.8) is 0 Å². The van der Waals surface area contributed by atoms with Gasteiger partial charge in [0.15, 0.2) is 0 Å². The average Bonchev–Trinajstić information content (AvgIpc) is 1.72. The maximum absolute atomic E-state index is 12.3. The number of rotatable bonds is 29. The second-order valence-corrected chi connectivity index (χ2v) is 38.3. The molecule has 0 bridgehead atoms. The van der Waals surface area contributed by atoms with Gasteiger partial charge in [-0.1, -0.05) is 186 Å². The van der Waals surface area contributed by atoms with E-state index in [1.165, 1.54) is 0 Å². The highest BCUT2D eigenvalue weighted by atomic mass is 127. The summed E-state index contributed by atoms with van der Waals surface area (Å²) >= 11 is 3.99. The standard InChI is InChI=1S/C20H29NO4S.2C20H27NO4.C19H26INO4.C17H23NO4/c1-20(2,3)25-19(23)21-16(12-14-8-6-5-7-9-14)17-13-15(10-11-26-4)18(22)24-17;2*1-5-9-15-13-17(24-18(15)22)16(12-14-10-7-6-8-11-14)21-19(23)25-20(2,3)4;1-19(2,3)25-18(23)21-15(11-13-7-5-4-6-8-13)16-12-14(9-10-20)17(22)24-16;1-17(2,3)22-16(20)18-13(14-9-10-15(19)21-14)11-12-7-5-4-6-8-12/h5-9,15-17H,10-13H2,1-4H3,(H,21,23);2*5-8,10-11,15-17H,1,9,12-13H2,2-4H3,(H,21,23);4-8,14-16H,9-12H2,1-3H3,(H,21,23);4-8,13-14H,9-11H2,1-3H3,(H,18,20)/t3*15?,16-,17-;14?,15-,16-;13-,14-/m00000/s1. The molecule has 0 aliphatic carbocycles. The Morgan fingerprint density at radius 2 is 0.602 bits per heavy atom. The van der Waals surface area contributed by atoms with Crippen LogP contribution in [0.4, 0.5) is 24.0 Å². The molecule has 4 unspecified atom stereocenters. The number of carbonyl (C=O) groups is 10. The fourth-order valence-electron chi connectivity index (χ4n) is 14.2. The minimum atomic E-state index is -0.584. The summed E-state index contributed by atoms with van der Waals surface area (Å²) in [6.45, 7) is 34.7. The summed E-state index contributed by atoms with van der Waals surface area (Å²) in [7, 11) is 0. The van der Waals surface area contributed by atoms with Crippen LogP contribution in [-0.2, 0) is 103 Å². The van der Waals surface area contributed by atoms with Crippen LogP contribution in [0.2, 0.25) is 0 Å². The summed E-state index contributed by atoms with van der Waals surface area (Å²) < 4.78 is 55.3. The van der Waals surface area contributed by atoms with Gasteiger partial charge in [0, 0.05) is 10.8 Å². The van der Waals surface area contributed by atoms with Gasteiger partial charge in [0.1, 0.15) is 58.5 Å². The van der Waals surface area contributed by atoms with E-state index in [0.717, 1.165) is 50.8 Å². The summed E-state index contributed by atoms with van der Waals surface area (Å²) in [6, 6.07) is 47.6. The van der Waals surface area contributed by atoms with Crippen molar-refractivity contribution in [2.45, 2.75) is 289 Å². The quantitative estimate of drug-likeness (QED) is 0.00976. The molecule has 5 aromatic carbocycles. The van der Waals surface area contributed by atoms with Gasteiger partial charge >= 0.3 is 60.3 Å². The topological polar surface area (TPSA) is 323 Å². The van der Waals surface area contributed by atoms with Crippen LogP contribution in [0.15, 0.2) is 177 Å². The highest BCUT2D eigenvalue weighted by Crippen LogP contribution is 2.34. The zero-order valence-electron chi connectivity index (χ0n) is 74.6. The van der Waals surface area contributed by atoms with Crippen LogP contribution in [0.5, 0.6) is 0 Å². The number of benzene rings is 5. The third-order valence-corrected chi connectivity index (χ3v) is 20.9. The molecular weight excluding hydrogens is 1700 g/mol. The summed E-state index contributed by atoms with van der Waals surface area (Å²) in [6.07, 6.45) is 10.4. The first-order chi connectivity index (χ1) is 58.0. The smallest absolute Gasteiger partial charge is 0.408 e. The van der Waals surface area contributed by atoms with Crippen molar-refractivity contribution in [2.24, 2.45) is 23.7 Å². The molecule has 5 heterocycles. The molecule has 5 fully saturated rings. The maximum Gasteiger partial charge on any atom is 0.408 e. The number of allylic oxidation sites excluding steroid dienone is 2. The molecule has 5 aliphatic rings. The summed E-state index contributed by atoms with van der Waals surface area (Å²) in [5.41, 5.74) is 2.48. The number of halogens is 1. The molecular formula is C96H132IN5O20S. The fraction of sp³-hybridized carbons (Fsp3) is 0.542. The molecule has 123 heavy (non-hydrogen) atoms. The van der Waals surface area contributed by atoms with Crippen molar-refractivity contribution in [1.82, 2.24) is 26.6 Å². The van der Waals surface area contributed by atoms with Crippen molar-refractivity contribution < 1.29 is 95.3 Å². The molecule has 0 saturated carbocycles. The van der Waals surface area contributed by atoms with Gasteiger partial charge in [0.25, 0.3) is 0 Å². The fourth-order valence-corrected chi connectivity index (χ4v) is 15.4. The van der Waals surface area contributed by atoms with Crippen LogP contribution in [0.1, 0.15) is 196 Å². The molecule has 27 heteroatoms. The van der Waals surface area contributed by atoms with E-state index >= 15 is 0 Å². The van der Waals surface area contributed by atoms with Crippen molar-refractivity contribution in [3.05, 3.63) is 205 Å². The van der Waals surface area contributed by atoms with Gasteiger partial charge < -0.3 is 74.0 Å². The minimum absolute atomic E-state index is 0.0828. The van der Waals surface area contributed by atoms with Crippen molar-refractivity contribution >= 4 is 94.7 Å². The number of hydrogen-bond donors (Lipinski definition) is 5. The number of alkyl carbamates (subject to hydrolysis) is 5. The Morgan fingerprint density at radius 1 is 0.374 bits per heavy atom. The Bertz CT molecular complexity index is 4040. The second-order valence-electron chi connectivity index (χ2n) is 36.2. The third-order valence-electron chi connectivity index (χ3n) is 19.7. The second kappa shape index (κ2) is 49.7. The predicted molar refractivity (Wildman–Crippen MR) is 484 cm³/mol. The molecule has 0 radical (unpaired) electrons. The maximum atomic E-state index is 12.3. The summed E-state index contributed by atoms with van der Waals surface area (Å²) in [4.78, 5) is 121. The molecule has 14 atom stereocenters. The van der Waals surface area contributed by atoms with Crippen LogP contribution in [0.25, 0.3) is 0 Å².